The highest BCUT2D eigenvalue weighted by atomic mass is 16.5. The van der Waals surface area contributed by atoms with Gasteiger partial charge in [0.15, 0.2) is 0 Å². The maximum absolute atomic E-state index is 10.8. The van der Waals surface area contributed by atoms with Crippen molar-refractivity contribution in [2.45, 2.75) is 25.2 Å². The summed E-state index contributed by atoms with van der Waals surface area (Å²) in [5.41, 5.74) is 0. The molecule has 0 amide bonds. The maximum atomic E-state index is 10.8. The third-order valence-electron chi connectivity index (χ3n) is 2.51. The van der Waals surface area contributed by atoms with E-state index in [1.54, 1.807) is 12.1 Å². The number of carboxylic acids is 1. The van der Waals surface area contributed by atoms with Crippen molar-refractivity contribution < 1.29 is 24.9 Å². The molecule has 1 aromatic carbocycles. The van der Waals surface area contributed by atoms with Crippen LogP contribution in [0.15, 0.2) is 30.3 Å². The minimum atomic E-state index is -1.16. The predicted octanol–water partition coefficient (Wildman–Crippen LogP) is -0.150. The van der Waals surface area contributed by atoms with Gasteiger partial charge in [-0.15, -0.1) is 0 Å². The lowest BCUT2D eigenvalue weighted by molar-refractivity contribution is -0.142. The Morgan fingerprint density at radius 1 is 1.32 bits per heavy atom. The number of para-hydroxylation sites is 1. The minimum Gasteiger partial charge on any atom is -0.491 e. The average Bonchev–Trinajstić information content (AvgIpc) is 2.37. The highest BCUT2D eigenvalue weighted by Gasteiger charge is 2.23. The third-order valence-corrected chi connectivity index (χ3v) is 2.51. The van der Waals surface area contributed by atoms with Crippen molar-refractivity contribution in [2.75, 3.05) is 13.2 Å². The number of nitrogens with one attached hydrogen (secondary N) is 1. The number of ether oxygens (including phenoxy) is 1. The Morgan fingerprint density at radius 3 is 2.47 bits per heavy atom. The van der Waals surface area contributed by atoms with Crippen LogP contribution in [0.2, 0.25) is 0 Å². The molecule has 19 heavy (non-hydrogen) atoms. The number of rotatable bonds is 8. The van der Waals surface area contributed by atoms with Gasteiger partial charge < -0.3 is 20.1 Å². The van der Waals surface area contributed by atoms with E-state index in [0.717, 1.165) is 0 Å². The fraction of sp³-hybridized carbons (Fsp3) is 0.462. The summed E-state index contributed by atoms with van der Waals surface area (Å²) in [5.74, 6) is -0.530. The smallest absolute Gasteiger partial charge is 0.323 e. The molecule has 0 radical (unpaired) electrons. The molecule has 0 aliphatic heterocycles. The molecule has 0 bridgehead atoms. The van der Waals surface area contributed by atoms with Gasteiger partial charge >= 0.3 is 5.97 Å². The van der Waals surface area contributed by atoms with Gasteiger partial charge in [0, 0.05) is 6.54 Å². The van der Waals surface area contributed by atoms with E-state index in [0.29, 0.717) is 5.75 Å². The molecule has 6 heteroatoms. The van der Waals surface area contributed by atoms with Crippen LogP contribution in [0.1, 0.15) is 6.92 Å². The Bertz CT molecular complexity index is 382. The van der Waals surface area contributed by atoms with E-state index in [2.05, 4.69) is 5.32 Å². The highest BCUT2D eigenvalue weighted by Crippen LogP contribution is 2.08. The summed E-state index contributed by atoms with van der Waals surface area (Å²) < 4.78 is 5.32. The number of aliphatic hydroxyl groups excluding tert-OH is 2. The molecule has 0 aliphatic carbocycles. The van der Waals surface area contributed by atoms with Crippen molar-refractivity contribution in [2.24, 2.45) is 0 Å². The highest BCUT2D eigenvalue weighted by molar-refractivity contribution is 5.74. The monoisotopic (exact) mass is 269 g/mol. The first kappa shape index (κ1) is 15.4. The third kappa shape index (κ3) is 5.69. The van der Waals surface area contributed by atoms with Crippen LogP contribution in [0.3, 0.4) is 0 Å². The van der Waals surface area contributed by atoms with Crippen LogP contribution in [-0.2, 0) is 4.79 Å². The molecule has 4 N–H and O–H groups in total. The van der Waals surface area contributed by atoms with E-state index in [1.807, 2.05) is 18.2 Å². The van der Waals surface area contributed by atoms with Crippen LogP contribution in [0.5, 0.6) is 5.75 Å². The molecule has 0 saturated heterocycles. The molecule has 0 aromatic heterocycles. The van der Waals surface area contributed by atoms with Crippen LogP contribution in [0.25, 0.3) is 0 Å². The molecule has 0 heterocycles. The zero-order valence-electron chi connectivity index (χ0n) is 10.7. The van der Waals surface area contributed by atoms with Gasteiger partial charge in [-0.05, 0) is 19.1 Å². The van der Waals surface area contributed by atoms with Gasteiger partial charge in [-0.25, -0.2) is 0 Å². The lowest BCUT2D eigenvalue weighted by Gasteiger charge is -2.19. The summed E-state index contributed by atoms with van der Waals surface area (Å²) in [4.78, 5) is 10.8. The van der Waals surface area contributed by atoms with E-state index in [-0.39, 0.29) is 13.2 Å². The molecule has 6 nitrogen and oxygen atoms in total. The summed E-state index contributed by atoms with van der Waals surface area (Å²) in [5, 5.41) is 30.3. The number of carboxylic acid groups (broad SMARTS) is 1. The van der Waals surface area contributed by atoms with Crippen molar-refractivity contribution in [3.05, 3.63) is 30.3 Å². The Labute approximate surface area is 111 Å². The van der Waals surface area contributed by atoms with Gasteiger partial charge in [0.25, 0.3) is 0 Å². The van der Waals surface area contributed by atoms with Gasteiger partial charge in [-0.2, -0.15) is 0 Å². The molecule has 1 aromatic rings. The van der Waals surface area contributed by atoms with Crippen molar-refractivity contribution in [1.82, 2.24) is 5.32 Å². The lowest BCUT2D eigenvalue weighted by Crippen LogP contribution is -2.48. The first-order valence-corrected chi connectivity index (χ1v) is 6.01. The average molecular weight is 269 g/mol. The lowest BCUT2D eigenvalue weighted by atomic mass is 10.2. The Hall–Kier alpha value is -1.63. The van der Waals surface area contributed by atoms with E-state index >= 15 is 0 Å². The maximum Gasteiger partial charge on any atom is 0.323 e. The van der Waals surface area contributed by atoms with Crippen LogP contribution in [0, 0.1) is 0 Å². The largest absolute Gasteiger partial charge is 0.491 e. The summed E-state index contributed by atoms with van der Waals surface area (Å²) in [6.07, 6.45) is -1.90. The zero-order valence-corrected chi connectivity index (χ0v) is 10.7. The number of aliphatic hydroxyl groups is 2. The molecule has 0 saturated carbocycles. The molecule has 0 unspecified atom stereocenters. The second kappa shape index (κ2) is 7.73. The van der Waals surface area contributed by atoms with Crippen molar-refractivity contribution in [1.29, 1.82) is 0 Å². The van der Waals surface area contributed by atoms with Gasteiger partial charge in [0.1, 0.15) is 24.5 Å². The molecular weight excluding hydrogens is 250 g/mol. The summed E-state index contributed by atoms with van der Waals surface area (Å²) in [6, 6.07) is 7.89. The Kier molecular flexibility index (Phi) is 6.27. The van der Waals surface area contributed by atoms with Gasteiger partial charge in [-0.3, -0.25) is 10.1 Å². The molecule has 0 spiro atoms. The Morgan fingerprint density at radius 2 is 1.95 bits per heavy atom. The molecule has 0 fully saturated rings. The fourth-order valence-electron chi connectivity index (χ4n) is 1.50. The fourth-order valence-corrected chi connectivity index (χ4v) is 1.50. The van der Waals surface area contributed by atoms with Crippen LogP contribution in [0.4, 0.5) is 0 Å². The molecule has 3 atom stereocenters. The van der Waals surface area contributed by atoms with E-state index in [1.165, 1.54) is 6.92 Å². The predicted molar refractivity (Wildman–Crippen MR) is 69.1 cm³/mol. The Balaban J connectivity index is 2.31. The number of hydrogen-bond donors (Lipinski definition) is 4. The first-order valence-electron chi connectivity index (χ1n) is 6.01. The molecule has 1 rings (SSSR count). The standard InChI is InChI=1S/C13H19NO5/c1-9(15)12(13(17)18)14-7-10(16)8-19-11-5-3-2-4-6-11/h2-6,9-10,12,14-16H,7-8H2,1H3,(H,17,18)/t9-,10+,12-/m1/s1. The van der Waals surface area contributed by atoms with Gasteiger partial charge in [-0.1, -0.05) is 18.2 Å². The van der Waals surface area contributed by atoms with Crippen LogP contribution < -0.4 is 10.1 Å². The van der Waals surface area contributed by atoms with Crippen LogP contribution >= 0.6 is 0 Å². The van der Waals surface area contributed by atoms with Crippen molar-refractivity contribution in [3.63, 3.8) is 0 Å². The number of hydrogen-bond acceptors (Lipinski definition) is 5. The zero-order chi connectivity index (χ0) is 14.3. The second-order valence-electron chi connectivity index (χ2n) is 4.24. The van der Waals surface area contributed by atoms with Gasteiger partial charge in [0.2, 0.25) is 0 Å². The molecule has 106 valence electrons. The number of benzene rings is 1. The second-order valence-corrected chi connectivity index (χ2v) is 4.24. The van der Waals surface area contributed by atoms with E-state index < -0.39 is 24.2 Å². The first-order chi connectivity index (χ1) is 9.00. The van der Waals surface area contributed by atoms with Gasteiger partial charge in [0.05, 0.1) is 6.10 Å². The van der Waals surface area contributed by atoms with E-state index in [9.17, 15) is 15.0 Å². The normalized spacial score (nSPS) is 15.5. The summed E-state index contributed by atoms with van der Waals surface area (Å²) in [6.45, 7) is 1.44. The van der Waals surface area contributed by atoms with Crippen molar-refractivity contribution in [3.8, 4) is 5.75 Å². The number of aliphatic carboxylic acids is 1. The van der Waals surface area contributed by atoms with Crippen LogP contribution in [-0.4, -0.2) is 52.7 Å². The minimum absolute atomic E-state index is 0.0225. The van der Waals surface area contributed by atoms with E-state index in [4.69, 9.17) is 9.84 Å². The summed E-state index contributed by atoms with van der Waals surface area (Å²) >= 11 is 0. The molecular formula is C13H19NO5. The molecule has 0 aliphatic rings. The van der Waals surface area contributed by atoms with Crippen molar-refractivity contribution >= 4 is 5.97 Å². The quantitative estimate of drug-likeness (QED) is 0.524. The SMILES string of the molecule is C[C@@H](O)[C@@H](NC[C@H](O)COc1ccccc1)C(=O)O. The summed E-state index contributed by atoms with van der Waals surface area (Å²) in [7, 11) is 0. The number of carbonyl (C=O) groups is 1. The topological polar surface area (TPSA) is 99.0 Å².